The van der Waals surface area contributed by atoms with Gasteiger partial charge in [-0.15, -0.1) is 0 Å². The monoisotopic (exact) mass is 530 g/mol. The summed E-state index contributed by atoms with van der Waals surface area (Å²) in [5, 5.41) is 0. The molecule has 10 heteroatoms. The Morgan fingerprint density at radius 3 is 1.78 bits per heavy atom. The van der Waals surface area contributed by atoms with Gasteiger partial charge in [-0.05, 0) is 49.5 Å². The smallest absolute Gasteiger partial charge is 0.306 e. The van der Waals surface area contributed by atoms with Crippen molar-refractivity contribution in [2.24, 2.45) is 0 Å². The van der Waals surface area contributed by atoms with E-state index in [2.05, 4.69) is 6.92 Å². The zero-order valence-electron chi connectivity index (χ0n) is 20.1. The number of esters is 2. The van der Waals surface area contributed by atoms with E-state index in [4.69, 9.17) is 18.9 Å². The van der Waals surface area contributed by atoms with Crippen molar-refractivity contribution in [2.75, 3.05) is 57.7 Å². The second-order valence-electron chi connectivity index (χ2n) is 7.00. The molecule has 0 saturated heterocycles. The van der Waals surface area contributed by atoms with Gasteiger partial charge in [0.25, 0.3) is 0 Å². The Morgan fingerprint density at radius 1 is 0.719 bits per heavy atom. The molecule has 0 N–H and O–H groups in total. The van der Waals surface area contributed by atoms with Crippen molar-refractivity contribution >= 4 is 50.1 Å². The van der Waals surface area contributed by atoms with Crippen molar-refractivity contribution in [2.45, 2.75) is 72.1 Å². The molecule has 0 bridgehead atoms. The van der Waals surface area contributed by atoms with Crippen LogP contribution in [0.1, 0.15) is 72.1 Å². The van der Waals surface area contributed by atoms with E-state index in [1.807, 2.05) is 35.1 Å². The molecule has 190 valence electrons. The molecule has 0 aliphatic heterocycles. The number of hydrogen-bond donors (Lipinski definition) is 0. The summed E-state index contributed by atoms with van der Waals surface area (Å²) < 4.78 is 20.8. The summed E-state index contributed by atoms with van der Waals surface area (Å²) in [4.78, 5) is 24.0. The molecule has 0 unspecified atom stereocenters. The van der Waals surface area contributed by atoms with Gasteiger partial charge in [0, 0.05) is 19.0 Å². The lowest BCUT2D eigenvalue weighted by atomic mass is 10.1. The Labute approximate surface area is 208 Å². The zero-order chi connectivity index (χ0) is 23.7. The second kappa shape index (κ2) is 26.0. The third kappa shape index (κ3) is 23.5. The lowest BCUT2D eigenvalue weighted by Gasteiger charge is -2.15. The molecule has 0 aromatic carbocycles. The highest BCUT2D eigenvalue weighted by molar-refractivity contribution is 9.20. The van der Waals surface area contributed by atoms with E-state index < -0.39 is 7.12 Å². The minimum absolute atomic E-state index is 0.193. The van der Waals surface area contributed by atoms with Crippen LogP contribution in [-0.2, 0) is 28.5 Å². The van der Waals surface area contributed by atoms with Gasteiger partial charge >= 0.3 is 11.9 Å². The van der Waals surface area contributed by atoms with Crippen LogP contribution < -0.4 is 0 Å². The first-order valence-electron chi connectivity index (χ1n) is 11.8. The van der Waals surface area contributed by atoms with Crippen LogP contribution in [0, 0.1) is 0 Å². The Balaban J connectivity index is 4.14. The first-order chi connectivity index (χ1) is 15.6. The highest BCUT2D eigenvalue weighted by Gasteiger charge is 2.16. The highest BCUT2D eigenvalue weighted by atomic mass is 33.6. The first kappa shape index (κ1) is 32.3. The normalized spacial score (nSPS) is 11.1. The molecule has 32 heavy (non-hydrogen) atoms. The molecular weight excluding hydrogens is 487 g/mol. The average molecular weight is 531 g/mol. The molecule has 0 aliphatic carbocycles. The van der Waals surface area contributed by atoms with Gasteiger partial charge in [-0.25, -0.2) is 0 Å². The van der Waals surface area contributed by atoms with Crippen LogP contribution in [0.2, 0.25) is 0 Å². The molecule has 0 aliphatic rings. The molecule has 0 aromatic heterocycles. The Kier molecular flexibility index (Phi) is 26.2. The van der Waals surface area contributed by atoms with E-state index in [-0.39, 0.29) is 11.9 Å². The van der Waals surface area contributed by atoms with Crippen LogP contribution >= 0.6 is 38.2 Å². The van der Waals surface area contributed by atoms with Gasteiger partial charge < -0.3 is 18.9 Å². The molecule has 0 spiro atoms. The topological polar surface area (TPSA) is 71.1 Å². The van der Waals surface area contributed by atoms with Gasteiger partial charge in [0.05, 0.1) is 26.1 Å². The number of ether oxygens (including phenoxy) is 4. The van der Waals surface area contributed by atoms with Crippen LogP contribution in [0.15, 0.2) is 0 Å². The molecule has 0 rings (SSSR count). The minimum atomic E-state index is -0.507. The van der Waals surface area contributed by atoms with Crippen molar-refractivity contribution in [3.05, 3.63) is 0 Å². The minimum Gasteiger partial charge on any atom is -0.463 e. The second-order valence-corrected chi connectivity index (χ2v) is 15.5. The quantitative estimate of drug-likeness (QED) is 0.0586. The summed E-state index contributed by atoms with van der Waals surface area (Å²) in [6.07, 6.45) is 10.1. The lowest BCUT2D eigenvalue weighted by Crippen LogP contribution is -2.13. The number of carbonyl (C=O) groups is 2. The van der Waals surface area contributed by atoms with E-state index in [1.54, 1.807) is 9.83 Å². The molecular formula is C22H43O6PS3. The van der Waals surface area contributed by atoms with E-state index >= 15 is 0 Å². The fourth-order valence-corrected chi connectivity index (χ4v) is 12.8. The third-order valence-corrected chi connectivity index (χ3v) is 14.2. The van der Waals surface area contributed by atoms with Crippen LogP contribution in [0.5, 0.6) is 0 Å². The van der Waals surface area contributed by atoms with Crippen LogP contribution in [-0.4, -0.2) is 69.7 Å². The summed E-state index contributed by atoms with van der Waals surface area (Å²) in [5.41, 5.74) is 0. The Bertz CT molecular complexity index is 418. The summed E-state index contributed by atoms with van der Waals surface area (Å²) in [6.45, 7) is 8.77. The van der Waals surface area contributed by atoms with Gasteiger partial charge in [0.2, 0.25) is 0 Å². The molecule has 0 amide bonds. The average Bonchev–Trinajstić information content (AvgIpc) is 2.79. The SMILES string of the molecule is CCCCCCCCSSSP(CCC(=O)OCCOCC)CCC(=O)OCCOCC. The van der Waals surface area contributed by atoms with Crippen LogP contribution in [0.25, 0.3) is 0 Å². The molecule has 0 saturated carbocycles. The molecule has 0 aromatic rings. The summed E-state index contributed by atoms with van der Waals surface area (Å²) >= 11 is 0. The van der Waals surface area contributed by atoms with Crippen molar-refractivity contribution in [1.29, 1.82) is 0 Å². The number of unbranched alkanes of at least 4 members (excludes halogenated alkanes) is 5. The maximum absolute atomic E-state index is 12.0. The largest absolute Gasteiger partial charge is 0.463 e. The zero-order valence-corrected chi connectivity index (χ0v) is 23.5. The molecule has 0 radical (unpaired) electrons. The van der Waals surface area contributed by atoms with Gasteiger partial charge in [-0.3, -0.25) is 9.59 Å². The predicted octanol–water partition coefficient (Wildman–Crippen LogP) is 6.71. The number of hydrogen-bond acceptors (Lipinski definition) is 9. The number of rotatable bonds is 24. The maximum atomic E-state index is 12.0. The van der Waals surface area contributed by atoms with E-state index in [9.17, 15) is 9.59 Å². The van der Waals surface area contributed by atoms with Crippen LogP contribution in [0.4, 0.5) is 0 Å². The van der Waals surface area contributed by atoms with E-state index in [0.29, 0.717) is 52.5 Å². The van der Waals surface area contributed by atoms with E-state index in [1.165, 1.54) is 38.5 Å². The summed E-state index contributed by atoms with van der Waals surface area (Å²) in [5.74, 6) is 0.759. The van der Waals surface area contributed by atoms with Crippen molar-refractivity contribution in [1.82, 2.24) is 0 Å². The maximum Gasteiger partial charge on any atom is 0.306 e. The predicted molar refractivity (Wildman–Crippen MR) is 142 cm³/mol. The van der Waals surface area contributed by atoms with Crippen molar-refractivity contribution < 1.29 is 28.5 Å². The summed E-state index contributed by atoms with van der Waals surface area (Å²) in [6, 6.07) is 0. The van der Waals surface area contributed by atoms with Crippen molar-refractivity contribution in [3.8, 4) is 0 Å². The summed E-state index contributed by atoms with van der Waals surface area (Å²) in [7, 11) is 5.00. The van der Waals surface area contributed by atoms with Gasteiger partial charge in [-0.2, -0.15) is 0 Å². The molecule has 6 nitrogen and oxygen atoms in total. The number of carbonyl (C=O) groups excluding carboxylic acids is 2. The van der Waals surface area contributed by atoms with Crippen LogP contribution in [0.3, 0.4) is 0 Å². The Morgan fingerprint density at radius 2 is 1.25 bits per heavy atom. The lowest BCUT2D eigenvalue weighted by molar-refractivity contribution is -0.145. The highest BCUT2D eigenvalue weighted by Crippen LogP contribution is 2.60. The molecule has 0 fully saturated rings. The van der Waals surface area contributed by atoms with Gasteiger partial charge in [0.1, 0.15) is 13.2 Å². The third-order valence-electron chi connectivity index (χ3n) is 4.29. The van der Waals surface area contributed by atoms with Gasteiger partial charge in [-0.1, -0.05) is 60.2 Å². The first-order valence-corrected chi connectivity index (χ1v) is 17.8. The van der Waals surface area contributed by atoms with Crippen molar-refractivity contribution in [3.63, 3.8) is 0 Å². The van der Waals surface area contributed by atoms with E-state index in [0.717, 1.165) is 18.1 Å². The fourth-order valence-electron chi connectivity index (χ4n) is 2.52. The fraction of sp³-hybridized carbons (Fsp3) is 0.909. The standard InChI is InChI=1S/C22H43O6PS3/c1-4-7-8-9-10-11-20-30-32-31-29(18-12-21(23)27-16-14-25-5-2)19-13-22(24)28-17-15-26-6-3/h4-20H2,1-3H3. The van der Waals surface area contributed by atoms with Gasteiger partial charge in [0.15, 0.2) is 0 Å². The molecule has 0 heterocycles. The Hall–Kier alpha value is 0.340. The molecule has 0 atom stereocenters.